The van der Waals surface area contributed by atoms with Crippen LogP contribution in [0.3, 0.4) is 0 Å². The van der Waals surface area contributed by atoms with E-state index in [9.17, 15) is 18.3 Å². The lowest BCUT2D eigenvalue weighted by Gasteiger charge is -2.07. The summed E-state index contributed by atoms with van der Waals surface area (Å²) in [6.07, 6.45) is 0. The van der Waals surface area contributed by atoms with Crippen LogP contribution in [0.25, 0.3) is 27.4 Å². The molecule has 0 bridgehead atoms. The third-order valence-corrected chi connectivity index (χ3v) is 8.31. The van der Waals surface area contributed by atoms with Crippen molar-refractivity contribution in [2.45, 2.75) is 25.3 Å². The van der Waals surface area contributed by atoms with Gasteiger partial charge in [0.1, 0.15) is 6.54 Å². The smallest absolute Gasteiger partial charge is 0.323 e. The summed E-state index contributed by atoms with van der Waals surface area (Å²) in [5.74, 6) is -0.982. The molecular weight excluding hydrogens is 531 g/mol. The summed E-state index contributed by atoms with van der Waals surface area (Å²) in [4.78, 5) is 14.8. The Balaban J connectivity index is 0.000000212. The van der Waals surface area contributed by atoms with Gasteiger partial charge in [-0.05, 0) is 55.6 Å². The molecule has 2 aromatic heterocycles. The van der Waals surface area contributed by atoms with Gasteiger partial charge in [0, 0.05) is 54.4 Å². The number of aryl methyl sites for hydroxylation is 1. The van der Waals surface area contributed by atoms with Gasteiger partial charge in [0.2, 0.25) is 9.84 Å². The van der Waals surface area contributed by atoms with E-state index in [0.29, 0.717) is 32.9 Å². The molecule has 3 aromatic carbocycles. The molecule has 0 unspecified atom stereocenters. The summed E-state index contributed by atoms with van der Waals surface area (Å²) in [5.41, 5.74) is 5.54. The number of carboxylic acid groups (broad SMARTS) is 1. The Hall–Kier alpha value is -3.52. The molecule has 0 saturated carbocycles. The Labute approximate surface area is 223 Å². The number of nitrogens with zero attached hydrogens (tertiary/aromatic N) is 1. The summed E-state index contributed by atoms with van der Waals surface area (Å²) >= 11 is 11.9. The summed E-state index contributed by atoms with van der Waals surface area (Å²) < 4.78 is 26.7. The molecule has 0 aliphatic carbocycles. The number of aromatic amines is 1. The number of nitrogens with one attached hydrogen (secondary N) is 1. The zero-order valence-corrected chi connectivity index (χ0v) is 22.2. The van der Waals surface area contributed by atoms with E-state index >= 15 is 0 Å². The number of hydrogen-bond acceptors (Lipinski definition) is 3. The van der Waals surface area contributed by atoms with E-state index in [1.807, 2.05) is 25.1 Å². The van der Waals surface area contributed by atoms with E-state index in [0.717, 1.165) is 15.9 Å². The van der Waals surface area contributed by atoms with E-state index in [-0.39, 0.29) is 11.4 Å². The van der Waals surface area contributed by atoms with E-state index in [1.54, 1.807) is 54.0 Å². The first-order valence-corrected chi connectivity index (χ1v) is 13.7. The summed E-state index contributed by atoms with van der Waals surface area (Å²) in [5, 5.41) is 13.8. The number of H-pyrrole nitrogens is 1. The van der Waals surface area contributed by atoms with Gasteiger partial charge in [0.25, 0.3) is 0 Å². The number of hydrogen-bond donors (Lipinski definition) is 2. The Morgan fingerprint density at radius 1 is 0.973 bits per heavy atom. The van der Waals surface area contributed by atoms with Crippen LogP contribution in [0.1, 0.15) is 22.5 Å². The fraction of sp³-hybridized carbons (Fsp3) is 0.107. The number of fused-ring (bicyclic) bond motifs is 3. The molecule has 37 heavy (non-hydrogen) atoms. The van der Waals surface area contributed by atoms with Crippen molar-refractivity contribution in [3.63, 3.8) is 0 Å². The summed E-state index contributed by atoms with van der Waals surface area (Å²) in [6.45, 7) is 3.60. The average Bonchev–Trinajstić information content (AvgIpc) is 3.43. The van der Waals surface area contributed by atoms with E-state index in [1.165, 1.54) is 16.5 Å². The van der Waals surface area contributed by atoms with Gasteiger partial charge in [0.05, 0.1) is 10.4 Å². The molecule has 0 radical (unpaired) electrons. The predicted molar refractivity (Wildman–Crippen MR) is 148 cm³/mol. The first kappa shape index (κ1) is 25.1. The molecule has 1 aliphatic heterocycles. The second-order valence-electron chi connectivity index (χ2n) is 8.86. The van der Waals surface area contributed by atoms with Crippen molar-refractivity contribution in [1.29, 1.82) is 0 Å². The maximum atomic E-state index is 12.5. The van der Waals surface area contributed by atoms with E-state index in [4.69, 9.17) is 23.2 Å². The van der Waals surface area contributed by atoms with Crippen LogP contribution >= 0.6 is 23.2 Å². The van der Waals surface area contributed by atoms with Gasteiger partial charge in [-0.1, -0.05) is 53.5 Å². The second kappa shape index (κ2) is 9.41. The van der Waals surface area contributed by atoms with E-state index in [2.05, 4.69) is 11.1 Å². The maximum Gasteiger partial charge on any atom is 0.323 e. The molecule has 188 valence electrons. The minimum Gasteiger partial charge on any atom is -0.480 e. The molecule has 2 N–H and O–H groups in total. The normalized spacial score (nSPS) is 13.8. The molecule has 0 spiro atoms. The standard InChI is InChI=1S/C19H14ClNO4S.C9H8ClN/c1-11-19(15-10-26(24,25)17-5-3-2-4-13(15)17)14-7-6-12(20)8-16(14)21(11)9-18(22)23;1-6-4-7-2-3-8(10)5-9(7)11-6/h2-8,10H,9H2,1H3,(H,22,23);2-5,11H,1H3. The minimum atomic E-state index is -3.52. The van der Waals surface area contributed by atoms with Crippen molar-refractivity contribution in [1.82, 2.24) is 9.55 Å². The van der Waals surface area contributed by atoms with Crippen LogP contribution in [0.15, 0.2) is 77.0 Å². The highest BCUT2D eigenvalue weighted by Gasteiger charge is 2.30. The molecule has 1 aliphatic rings. The molecule has 3 heterocycles. The molecular formula is C28H22Cl2N2O4S. The van der Waals surface area contributed by atoms with Crippen molar-refractivity contribution in [2.75, 3.05) is 0 Å². The lowest BCUT2D eigenvalue weighted by molar-refractivity contribution is -0.137. The van der Waals surface area contributed by atoms with Crippen LogP contribution in [-0.4, -0.2) is 29.0 Å². The first-order chi connectivity index (χ1) is 17.5. The highest BCUT2D eigenvalue weighted by molar-refractivity contribution is 7.95. The molecule has 0 saturated heterocycles. The molecule has 0 atom stereocenters. The molecule has 6 nitrogen and oxygen atoms in total. The van der Waals surface area contributed by atoms with Crippen LogP contribution < -0.4 is 0 Å². The Kier molecular flexibility index (Phi) is 6.40. The molecule has 9 heteroatoms. The van der Waals surface area contributed by atoms with Crippen LogP contribution in [-0.2, 0) is 21.2 Å². The molecule has 0 fully saturated rings. The Morgan fingerprint density at radius 3 is 2.43 bits per heavy atom. The third kappa shape index (κ3) is 4.66. The van der Waals surface area contributed by atoms with Crippen LogP contribution in [0.2, 0.25) is 10.0 Å². The minimum absolute atomic E-state index is 0.232. The number of halogens is 2. The zero-order chi connectivity index (χ0) is 26.5. The van der Waals surface area contributed by atoms with Gasteiger partial charge in [-0.2, -0.15) is 0 Å². The molecule has 5 aromatic rings. The van der Waals surface area contributed by atoms with Crippen molar-refractivity contribution >= 4 is 66.4 Å². The SMILES string of the molecule is Cc1c(C2=CS(=O)(=O)c3ccccc32)c2ccc(Cl)cc2n1CC(=O)O.Cc1cc2ccc(Cl)cc2[nH]1. The number of aromatic nitrogens is 2. The Bertz CT molecular complexity index is 1850. The zero-order valence-electron chi connectivity index (χ0n) is 19.9. The van der Waals surface area contributed by atoms with Crippen LogP contribution in [0, 0.1) is 13.8 Å². The monoisotopic (exact) mass is 552 g/mol. The predicted octanol–water partition coefficient (Wildman–Crippen LogP) is 6.99. The first-order valence-electron chi connectivity index (χ1n) is 11.4. The summed E-state index contributed by atoms with van der Waals surface area (Å²) in [6, 6.07) is 20.0. The highest BCUT2D eigenvalue weighted by Crippen LogP contribution is 2.42. The fourth-order valence-electron chi connectivity index (χ4n) is 4.79. The van der Waals surface area contributed by atoms with Gasteiger partial charge >= 0.3 is 5.97 Å². The number of sulfone groups is 1. The number of rotatable bonds is 3. The lowest BCUT2D eigenvalue weighted by atomic mass is 9.97. The van der Waals surface area contributed by atoms with Crippen molar-refractivity contribution in [2.24, 2.45) is 0 Å². The van der Waals surface area contributed by atoms with Gasteiger partial charge in [-0.15, -0.1) is 0 Å². The second-order valence-corrected chi connectivity index (χ2v) is 11.5. The van der Waals surface area contributed by atoms with Crippen LogP contribution in [0.5, 0.6) is 0 Å². The maximum absolute atomic E-state index is 12.5. The van der Waals surface area contributed by atoms with E-state index < -0.39 is 15.8 Å². The summed E-state index contributed by atoms with van der Waals surface area (Å²) in [7, 11) is -3.52. The van der Waals surface area contributed by atoms with Gasteiger partial charge in [0.15, 0.2) is 0 Å². The number of benzene rings is 3. The number of aliphatic carboxylic acids is 1. The molecule has 0 amide bonds. The average molecular weight is 553 g/mol. The van der Waals surface area contributed by atoms with Gasteiger partial charge in [-0.3, -0.25) is 4.79 Å². The lowest BCUT2D eigenvalue weighted by Crippen LogP contribution is -2.10. The van der Waals surface area contributed by atoms with Gasteiger partial charge in [-0.25, -0.2) is 8.42 Å². The van der Waals surface area contributed by atoms with Crippen molar-refractivity contribution in [3.8, 4) is 0 Å². The molecule has 6 rings (SSSR count). The highest BCUT2D eigenvalue weighted by atomic mass is 35.5. The number of carboxylic acids is 1. The third-order valence-electron chi connectivity index (χ3n) is 6.33. The largest absolute Gasteiger partial charge is 0.480 e. The van der Waals surface area contributed by atoms with Crippen LogP contribution in [0.4, 0.5) is 0 Å². The van der Waals surface area contributed by atoms with Crippen molar-refractivity contribution in [3.05, 3.63) is 105 Å². The number of carbonyl (C=O) groups is 1. The fourth-order valence-corrected chi connectivity index (χ4v) is 6.56. The quantitative estimate of drug-likeness (QED) is 0.252. The topological polar surface area (TPSA) is 92.2 Å². The van der Waals surface area contributed by atoms with Crippen molar-refractivity contribution < 1.29 is 18.3 Å². The van der Waals surface area contributed by atoms with Gasteiger partial charge < -0.3 is 14.7 Å². The Morgan fingerprint density at radius 2 is 1.68 bits per heavy atom.